The largest absolute Gasteiger partial charge is 0.340 e. The molecule has 1 aliphatic rings. The van der Waals surface area contributed by atoms with E-state index in [0.717, 1.165) is 48.9 Å². The van der Waals surface area contributed by atoms with Crippen molar-refractivity contribution in [1.29, 1.82) is 0 Å². The second kappa shape index (κ2) is 5.96. The summed E-state index contributed by atoms with van der Waals surface area (Å²) in [6.45, 7) is 4.40. The zero-order valence-electron chi connectivity index (χ0n) is 12.7. The molecular formula is C17H18FN5. The molecule has 6 heteroatoms. The summed E-state index contributed by atoms with van der Waals surface area (Å²) in [5.74, 6) is 0.720. The minimum atomic E-state index is -0.215. The van der Waals surface area contributed by atoms with Gasteiger partial charge in [-0.25, -0.2) is 9.37 Å². The Morgan fingerprint density at radius 2 is 1.87 bits per heavy atom. The van der Waals surface area contributed by atoms with Gasteiger partial charge in [0.05, 0.1) is 12.1 Å². The van der Waals surface area contributed by atoms with Crippen LogP contribution < -0.4 is 10.2 Å². The summed E-state index contributed by atoms with van der Waals surface area (Å²) >= 11 is 0. The van der Waals surface area contributed by atoms with Crippen LogP contribution in [0.2, 0.25) is 0 Å². The van der Waals surface area contributed by atoms with Gasteiger partial charge in [0.25, 0.3) is 0 Å². The molecule has 0 radical (unpaired) electrons. The lowest BCUT2D eigenvalue weighted by Crippen LogP contribution is -2.44. The van der Waals surface area contributed by atoms with Crippen molar-refractivity contribution in [2.24, 2.45) is 0 Å². The summed E-state index contributed by atoms with van der Waals surface area (Å²) in [5.41, 5.74) is 2.81. The Morgan fingerprint density at radius 1 is 1.09 bits per heavy atom. The third kappa shape index (κ3) is 2.77. The molecule has 0 bridgehead atoms. The van der Waals surface area contributed by atoms with Gasteiger partial charge in [-0.2, -0.15) is 4.98 Å². The van der Waals surface area contributed by atoms with Crippen LogP contribution in [0.4, 0.5) is 10.3 Å². The number of anilines is 1. The summed E-state index contributed by atoms with van der Waals surface area (Å²) in [6.07, 6.45) is 1.76. The molecular weight excluding hydrogens is 293 g/mol. The molecule has 5 nitrogen and oxygen atoms in total. The number of hydrogen-bond donors (Lipinski definition) is 1. The van der Waals surface area contributed by atoms with E-state index in [-0.39, 0.29) is 5.82 Å². The molecule has 0 aliphatic carbocycles. The van der Waals surface area contributed by atoms with Crippen molar-refractivity contribution in [1.82, 2.24) is 19.9 Å². The van der Waals surface area contributed by atoms with Crippen molar-refractivity contribution in [2.45, 2.75) is 6.54 Å². The maximum Gasteiger partial charge on any atom is 0.208 e. The molecule has 0 unspecified atom stereocenters. The van der Waals surface area contributed by atoms with E-state index in [2.05, 4.69) is 19.8 Å². The van der Waals surface area contributed by atoms with E-state index in [0.29, 0.717) is 6.54 Å². The van der Waals surface area contributed by atoms with Crippen molar-refractivity contribution in [2.75, 3.05) is 31.1 Å². The number of nitrogens with one attached hydrogen (secondary N) is 1. The number of pyridine rings is 1. The first-order valence-electron chi connectivity index (χ1n) is 7.82. The third-order valence-corrected chi connectivity index (χ3v) is 4.16. The minimum absolute atomic E-state index is 0.215. The summed E-state index contributed by atoms with van der Waals surface area (Å²) in [6, 6.07) is 10.6. The van der Waals surface area contributed by atoms with E-state index in [1.807, 2.05) is 24.3 Å². The highest BCUT2D eigenvalue weighted by molar-refractivity contribution is 5.75. The van der Waals surface area contributed by atoms with Gasteiger partial charge in [0.1, 0.15) is 5.82 Å². The lowest BCUT2D eigenvalue weighted by molar-refractivity contribution is 0.571. The lowest BCUT2D eigenvalue weighted by Gasteiger charge is -2.28. The SMILES string of the molecule is Fc1ccc(Cn2c(N3CCNCC3)nc3ncccc32)cc1. The third-order valence-electron chi connectivity index (χ3n) is 4.16. The molecule has 4 rings (SSSR count). The number of hydrogen-bond acceptors (Lipinski definition) is 4. The molecule has 1 saturated heterocycles. The van der Waals surface area contributed by atoms with E-state index in [4.69, 9.17) is 4.98 Å². The Morgan fingerprint density at radius 3 is 2.65 bits per heavy atom. The number of imidazole rings is 1. The summed E-state index contributed by atoms with van der Waals surface area (Å²) < 4.78 is 15.3. The monoisotopic (exact) mass is 311 g/mol. The smallest absolute Gasteiger partial charge is 0.208 e. The van der Waals surface area contributed by atoms with Gasteiger partial charge in [0, 0.05) is 32.4 Å². The fraction of sp³-hybridized carbons (Fsp3) is 0.294. The van der Waals surface area contributed by atoms with Gasteiger partial charge >= 0.3 is 0 Å². The highest BCUT2D eigenvalue weighted by atomic mass is 19.1. The molecule has 3 heterocycles. The van der Waals surface area contributed by atoms with Crippen LogP contribution in [0.5, 0.6) is 0 Å². The standard InChI is InChI=1S/C17H18FN5/c18-14-5-3-13(4-6-14)12-23-15-2-1-7-20-16(15)21-17(23)22-10-8-19-9-11-22/h1-7,19H,8-12H2. The quantitative estimate of drug-likeness (QED) is 0.804. The van der Waals surface area contributed by atoms with E-state index in [1.165, 1.54) is 12.1 Å². The minimum Gasteiger partial charge on any atom is -0.340 e. The Bertz CT molecular complexity index is 805. The zero-order valence-corrected chi connectivity index (χ0v) is 12.7. The Hall–Kier alpha value is -2.47. The van der Waals surface area contributed by atoms with Gasteiger partial charge in [-0.3, -0.25) is 0 Å². The summed E-state index contributed by atoms with van der Waals surface area (Å²) in [5, 5.41) is 3.36. The predicted molar refractivity (Wildman–Crippen MR) is 88.1 cm³/mol. The zero-order chi connectivity index (χ0) is 15.6. The number of aromatic nitrogens is 3. The molecule has 0 spiro atoms. The molecule has 1 N–H and O–H groups in total. The van der Waals surface area contributed by atoms with E-state index in [1.54, 1.807) is 6.20 Å². The lowest BCUT2D eigenvalue weighted by atomic mass is 10.2. The fourth-order valence-corrected chi connectivity index (χ4v) is 2.98. The van der Waals surface area contributed by atoms with E-state index in [9.17, 15) is 4.39 Å². The number of benzene rings is 1. The molecule has 0 saturated carbocycles. The maximum absolute atomic E-state index is 13.1. The summed E-state index contributed by atoms with van der Waals surface area (Å²) in [4.78, 5) is 11.4. The first-order valence-corrected chi connectivity index (χ1v) is 7.82. The van der Waals surface area contributed by atoms with Crippen LogP contribution in [0.15, 0.2) is 42.6 Å². The highest BCUT2D eigenvalue weighted by Gasteiger charge is 2.19. The normalized spacial score (nSPS) is 15.3. The second-order valence-corrected chi connectivity index (χ2v) is 5.71. The van der Waals surface area contributed by atoms with Crippen LogP contribution in [-0.4, -0.2) is 40.7 Å². The van der Waals surface area contributed by atoms with Gasteiger partial charge in [-0.05, 0) is 29.8 Å². The highest BCUT2D eigenvalue weighted by Crippen LogP contribution is 2.23. The Labute approximate surface area is 133 Å². The molecule has 2 aromatic heterocycles. The molecule has 0 atom stereocenters. The number of halogens is 1. The van der Waals surface area contributed by atoms with Gasteiger partial charge < -0.3 is 14.8 Å². The van der Waals surface area contributed by atoms with Crippen LogP contribution in [0, 0.1) is 5.82 Å². The molecule has 118 valence electrons. The predicted octanol–water partition coefficient (Wildman–Crippen LogP) is 2.03. The van der Waals surface area contributed by atoms with E-state index < -0.39 is 0 Å². The first-order chi connectivity index (χ1) is 11.3. The van der Waals surface area contributed by atoms with Gasteiger partial charge in [0.15, 0.2) is 5.65 Å². The molecule has 1 aliphatic heterocycles. The first kappa shape index (κ1) is 14.1. The van der Waals surface area contributed by atoms with Gasteiger partial charge in [-0.1, -0.05) is 12.1 Å². The van der Waals surface area contributed by atoms with Crippen LogP contribution in [0.25, 0.3) is 11.2 Å². The Kier molecular flexibility index (Phi) is 3.67. The van der Waals surface area contributed by atoms with Crippen molar-refractivity contribution >= 4 is 17.1 Å². The molecule has 23 heavy (non-hydrogen) atoms. The number of piperazine rings is 1. The molecule has 3 aromatic rings. The van der Waals surface area contributed by atoms with E-state index >= 15 is 0 Å². The van der Waals surface area contributed by atoms with Crippen LogP contribution >= 0.6 is 0 Å². The fourth-order valence-electron chi connectivity index (χ4n) is 2.98. The average Bonchev–Trinajstić information content (AvgIpc) is 2.96. The molecule has 1 fully saturated rings. The molecule has 1 aromatic carbocycles. The average molecular weight is 311 g/mol. The van der Waals surface area contributed by atoms with Crippen LogP contribution in [0.1, 0.15) is 5.56 Å². The van der Waals surface area contributed by atoms with Gasteiger partial charge in [-0.15, -0.1) is 0 Å². The number of fused-ring (bicyclic) bond motifs is 1. The van der Waals surface area contributed by atoms with Crippen LogP contribution in [-0.2, 0) is 6.54 Å². The van der Waals surface area contributed by atoms with Crippen LogP contribution in [0.3, 0.4) is 0 Å². The topological polar surface area (TPSA) is 46.0 Å². The summed E-state index contributed by atoms with van der Waals surface area (Å²) in [7, 11) is 0. The van der Waals surface area contributed by atoms with Crippen molar-refractivity contribution in [3.8, 4) is 0 Å². The van der Waals surface area contributed by atoms with Crippen molar-refractivity contribution in [3.05, 3.63) is 54.0 Å². The molecule has 0 amide bonds. The van der Waals surface area contributed by atoms with Crippen molar-refractivity contribution < 1.29 is 4.39 Å². The number of nitrogens with zero attached hydrogens (tertiary/aromatic N) is 4. The second-order valence-electron chi connectivity index (χ2n) is 5.71. The Balaban J connectivity index is 1.77. The van der Waals surface area contributed by atoms with Gasteiger partial charge in [0.2, 0.25) is 5.95 Å². The number of rotatable bonds is 3. The van der Waals surface area contributed by atoms with Crippen molar-refractivity contribution in [3.63, 3.8) is 0 Å². The maximum atomic E-state index is 13.1.